The number of nitrogens with zero attached hydrogens (tertiary/aromatic N) is 3. The molecule has 26 heavy (non-hydrogen) atoms. The van der Waals surface area contributed by atoms with Crippen LogP contribution in [0.3, 0.4) is 0 Å². The van der Waals surface area contributed by atoms with E-state index in [2.05, 4.69) is 0 Å². The number of hydrogen-bond acceptors (Lipinski definition) is 3. The van der Waals surface area contributed by atoms with Gasteiger partial charge < -0.3 is 4.57 Å². The number of carbonyl (C=O) groups excluding carboxylic acids is 3. The van der Waals surface area contributed by atoms with E-state index in [0.717, 1.165) is 26.9 Å². The number of aryl methyl sites for hydroxylation is 1. The van der Waals surface area contributed by atoms with Crippen LogP contribution in [-0.2, 0) is 9.59 Å². The van der Waals surface area contributed by atoms with Crippen LogP contribution < -0.4 is 0 Å². The number of rotatable bonds is 2. The van der Waals surface area contributed by atoms with Crippen LogP contribution in [0.1, 0.15) is 17.0 Å². The highest BCUT2D eigenvalue weighted by molar-refractivity contribution is 6.30. The minimum Gasteiger partial charge on any atom is -0.318 e. The first-order valence-electron chi connectivity index (χ1n) is 7.99. The molecule has 2 aromatic rings. The Kier molecular flexibility index (Phi) is 4.23. The number of barbiturate groups is 1. The molecule has 0 spiro atoms. The predicted octanol–water partition coefficient (Wildman–Crippen LogP) is 2.67. The summed E-state index contributed by atoms with van der Waals surface area (Å²) in [7, 11) is 2.67. The van der Waals surface area contributed by atoms with Crippen molar-refractivity contribution in [3.63, 3.8) is 0 Å². The van der Waals surface area contributed by atoms with Gasteiger partial charge in [-0.15, -0.1) is 0 Å². The number of amides is 4. The van der Waals surface area contributed by atoms with Crippen molar-refractivity contribution >= 4 is 23.9 Å². The highest BCUT2D eigenvalue weighted by Gasteiger charge is 2.37. The molecule has 6 nitrogen and oxygen atoms in total. The zero-order valence-corrected chi connectivity index (χ0v) is 14.9. The molecule has 2 heterocycles. The van der Waals surface area contributed by atoms with Gasteiger partial charge in [0, 0.05) is 31.2 Å². The van der Waals surface area contributed by atoms with E-state index in [1.165, 1.54) is 32.3 Å². The topological polar surface area (TPSA) is 62.6 Å². The molecule has 1 aliphatic heterocycles. The van der Waals surface area contributed by atoms with Gasteiger partial charge in [0.25, 0.3) is 11.8 Å². The Morgan fingerprint density at radius 3 is 2.00 bits per heavy atom. The summed E-state index contributed by atoms with van der Waals surface area (Å²) >= 11 is 0. The summed E-state index contributed by atoms with van der Waals surface area (Å²) in [6.45, 7) is 3.73. The fraction of sp³-hybridized carbons (Fsp3) is 0.211. The van der Waals surface area contributed by atoms with Gasteiger partial charge in [-0.05, 0) is 55.8 Å². The number of imide groups is 2. The maximum absolute atomic E-state index is 13.2. The first-order chi connectivity index (χ1) is 12.2. The molecule has 0 radical (unpaired) electrons. The lowest BCUT2D eigenvalue weighted by atomic mass is 10.1. The van der Waals surface area contributed by atoms with Crippen LogP contribution in [0.2, 0.25) is 0 Å². The zero-order valence-electron chi connectivity index (χ0n) is 14.9. The number of aromatic nitrogens is 1. The second-order valence-electron chi connectivity index (χ2n) is 6.21. The molecule has 1 fully saturated rings. The third kappa shape index (κ3) is 2.71. The van der Waals surface area contributed by atoms with Crippen LogP contribution >= 0.6 is 0 Å². The fourth-order valence-corrected chi connectivity index (χ4v) is 3.05. The van der Waals surface area contributed by atoms with E-state index in [4.69, 9.17) is 0 Å². The van der Waals surface area contributed by atoms with E-state index < -0.39 is 17.8 Å². The van der Waals surface area contributed by atoms with E-state index >= 15 is 0 Å². The maximum atomic E-state index is 13.2. The quantitative estimate of drug-likeness (QED) is 0.615. The van der Waals surface area contributed by atoms with E-state index in [1.54, 1.807) is 12.1 Å². The largest absolute Gasteiger partial charge is 0.333 e. The molecule has 0 aliphatic carbocycles. The summed E-state index contributed by atoms with van der Waals surface area (Å²) in [5, 5.41) is 0. The molecule has 1 saturated heterocycles. The Hall–Kier alpha value is -3.22. The third-order valence-electron chi connectivity index (χ3n) is 4.50. The van der Waals surface area contributed by atoms with Gasteiger partial charge in [0.05, 0.1) is 0 Å². The van der Waals surface area contributed by atoms with E-state index in [0.29, 0.717) is 5.56 Å². The molecular weight excluding hydrogens is 337 g/mol. The van der Waals surface area contributed by atoms with E-state index in [-0.39, 0.29) is 11.4 Å². The van der Waals surface area contributed by atoms with Crippen molar-refractivity contribution in [2.45, 2.75) is 13.8 Å². The second kappa shape index (κ2) is 6.25. The molecule has 0 saturated carbocycles. The van der Waals surface area contributed by atoms with Gasteiger partial charge >= 0.3 is 6.03 Å². The van der Waals surface area contributed by atoms with Gasteiger partial charge in [0.15, 0.2) is 0 Å². The number of urea groups is 1. The standard InChI is InChI=1S/C19H18FN3O3/c1-11-9-13(12(2)23(11)15-7-5-14(20)6-8-15)10-16-17(24)21(3)19(26)22(4)18(16)25/h5-10H,1-4H3. The number of halogens is 1. The molecule has 7 heteroatoms. The van der Waals surface area contributed by atoms with Crippen LogP contribution in [0.25, 0.3) is 11.8 Å². The Labute approximate surface area is 150 Å². The monoisotopic (exact) mass is 355 g/mol. The Bertz CT molecular complexity index is 931. The zero-order chi connectivity index (χ0) is 19.2. The average molecular weight is 355 g/mol. The van der Waals surface area contributed by atoms with Crippen LogP contribution in [0, 0.1) is 19.7 Å². The molecule has 0 unspecified atom stereocenters. The van der Waals surface area contributed by atoms with Crippen LogP contribution in [0.15, 0.2) is 35.9 Å². The molecule has 1 aromatic carbocycles. The van der Waals surface area contributed by atoms with Gasteiger partial charge in [0.1, 0.15) is 11.4 Å². The highest BCUT2D eigenvalue weighted by atomic mass is 19.1. The normalized spacial score (nSPS) is 15.1. The average Bonchev–Trinajstić information content (AvgIpc) is 2.90. The summed E-state index contributed by atoms with van der Waals surface area (Å²) in [4.78, 5) is 38.3. The minimum atomic E-state index is -0.658. The van der Waals surface area contributed by atoms with Crippen molar-refractivity contribution in [3.8, 4) is 5.69 Å². The second-order valence-corrected chi connectivity index (χ2v) is 6.21. The smallest absolute Gasteiger partial charge is 0.318 e. The molecule has 4 amide bonds. The van der Waals surface area contributed by atoms with Gasteiger partial charge in [-0.3, -0.25) is 19.4 Å². The van der Waals surface area contributed by atoms with Crippen LogP contribution in [0.4, 0.5) is 9.18 Å². The van der Waals surface area contributed by atoms with Gasteiger partial charge in [-0.1, -0.05) is 0 Å². The summed E-state index contributed by atoms with van der Waals surface area (Å²) < 4.78 is 15.1. The van der Waals surface area contributed by atoms with E-state index in [9.17, 15) is 18.8 Å². The number of carbonyl (C=O) groups is 3. The summed E-state index contributed by atoms with van der Waals surface area (Å²) in [5.41, 5.74) is 3.05. The molecule has 3 rings (SSSR count). The molecule has 0 N–H and O–H groups in total. The van der Waals surface area contributed by atoms with Crippen molar-refractivity contribution in [2.75, 3.05) is 14.1 Å². The summed E-state index contributed by atoms with van der Waals surface area (Å²) in [5.74, 6) is -1.60. The number of likely N-dealkylation sites (N-methyl/N-ethyl adjacent to an activating group) is 2. The number of benzene rings is 1. The van der Waals surface area contributed by atoms with Gasteiger partial charge in [-0.2, -0.15) is 0 Å². The molecule has 0 bridgehead atoms. The minimum absolute atomic E-state index is 0.0750. The van der Waals surface area contributed by atoms with Crippen LogP contribution in [-0.4, -0.2) is 46.3 Å². The summed E-state index contributed by atoms with van der Waals surface area (Å²) in [6, 6.07) is 7.23. The van der Waals surface area contributed by atoms with Crippen molar-refractivity contribution in [2.24, 2.45) is 0 Å². The molecule has 0 atom stereocenters. The van der Waals surface area contributed by atoms with Crippen molar-refractivity contribution < 1.29 is 18.8 Å². The lowest BCUT2D eigenvalue weighted by molar-refractivity contribution is -0.134. The fourth-order valence-electron chi connectivity index (χ4n) is 3.05. The van der Waals surface area contributed by atoms with Gasteiger partial charge in [0.2, 0.25) is 0 Å². The molecule has 1 aliphatic rings. The first-order valence-corrected chi connectivity index (χ1v) is 7.99. The first kappa shape index (κ1) is 17.6. The number of hydrogen-bond donors (Lipinski definition) is 0. The molecule has 1 aromatic heterocycles. The lowest BCUT2D eigenvalue weighted by Gasteiger charge is -2.28. The third-order valence-corrected chi connectivity index (χ3v) is 4.50. The Morgan fingerprint density at radius 1 is 0.923 bits per heavy atom. The maximum Gasteiger partial charge on any atom is 0.333 e. The molecular formula is C19H18FN3O3. The van der Waals surface area contributed by atoms with Crippen molar-refractivity contribution in [3.05, 3.63) is 58.7 Å². The van der Waals surface area contributed by atoms with Gasteiger partial charge in [-0.25, -0.2) is 9.18 Å². The highest BCUT2D eigenvalue weighted by Crippen LogP contribution is 2.25. The SMILES string of the molecule is Cc1cc(C=C2C(=O)N(C)C(=O)N(C)C2=O)c(C)n1-c1ccc(F)cc1. The van der Waals surface area contributed by atoms with Crippen LogP contribution in [0.5, 0.6) is 0 Å². The predicted molar refractivity (Wildman–Crippen MR) is 94.1 cm³/mol. The summed E-state index contributed by atoms with van der Waals surface area (Å²) in [6.07, 6.45) is 1.49. The molecule has 134 valence electrons. The van der Waals surface area contributed by atoms with E-state index in [1.807, 2.05) is 24.5 Å². The van der Waals surface area contributed by atoms with Crippen molar-refractivity contribution in [1.29, 1.82) is 0 Å². The van der Waals surface area contributed by atoms with Crippen molar-refractivity contribution in [1.82, 2.24) is 14.4 Å². The Morgan fingerprint density at radius 2 is 1.46 bits per heavy atom. The lowest BCUT2D eigenvalue weighted by Crippen LogP contribution is -2.52. The Balaban J connectivity index is 2.08.